The maximum absolute atomic E-state index is 11.9. The van der Waals surface area contributed by atoms with Gasteiger partial charge in [-0.15, -0.1) is 0 Å². The molecule has 134 valence electrons. The number of nitrogens with zero attached hydrogens (tertiary/aromatic N) is 2. The van der Waals surface area contributed by atoms with Crippen molar-refractivity contribution in [2.45, 2.75) is 32.9 Å². The standard InChI is InChI=1S/C18H27ClN2O3/c1-18(2,3)24-17(22)21-10-13(11-21)9-20(4)12-14-6-7-15(19)8-16(14)23-5/h6-8,13H,9-12H2,1-5H3. The second-order valence-electron chi connectivity index (χ2n) is 7.40. The summed E-state index contributed by atoms with van der Waals surface area (Å²) in [7, 11) is 3.73. The van der Waals surface area contributed by atoms with E-state index in [2.05, 4.69) is 11.9 Å². The van der Waals surface area contributed by atoms with Crippen molar-refractivity contribution >= 4 is 17.7 Å². The van der Waals surface area contributed by atoms with E-state index in [1.807, 2.05) is 39.0 Å². The van der Waals surface area contributed by atoms with Crippen LogP contribution in [0.5, 0.6) is 5.75 Å². The van der Waals surface area contributed by atoms with Gasteiger partial charge in [0.2, 0.25) is 0 Å². The fourth-order valence-electron chi connectivity index (χ4n) is 2.81. The molecule has 1 aliphatic rings. The van der Waals surface area contributed by atoms with Gasteiger partial charge < -0.3 is 19.3 Å². The quantitative estimate of drug-likeness (QED) is 0.809. The van der Waals surface area contributed by atoms with Crippen molar-refractivity contribution in [3.05, 3.63) is 28.8 Å². The number of likely N-dealkylation sites (tertiary alicyclic amines) is 1. The summed E-state index contributed by atoms with van der Waals surface area (Å²) < 4.78 is 10.8. The SMILES string of the molecule is COc1cc(Cl)ccc1CN(C)CC1CN(C(=O)OC(C)(C)C)C1. The first kappa shape index (κ1) is 18.9. The van der Waals surface area contributed by atoms with Crippen molar-refractivity contribution in [1.29, 1.82) is 0 Å². The van der Waals surface area contributed by atoms with Crippen LogP contribution < -0.4 is 4.74 Å². The molecule has 0 N–H and O–H groups in total. The fraction of sp³-hybridized carbons (Fsp3) is 0.611. The van der Waals surface area contributed by atoms with E-state index < -0.39 is 5.60 Å². The van der Waals surface area contributed by atoms with E-state index in [-0.39, 0.29) is 6.09 Å². The van der Waals surface area contributed by atoms with Crippen LogP contribution in [0.3, 0.4) is 0 Å². The molecular formula is C18H27ClN2O3. The van der Waals surface area contributed by atoms with Gasteiger partial charge in [0.1, 0.15) is 11.4 Å². The maximum Gasteiger partial charge on any atom is 0.410 e. The highest BCUT2D eigenvalue weighted by Gasteiger charge is 2.34. The maximum atomic E-state index is 11.9. The number of amides is 1. The van der Waals surface area contributed by atoms with Crippen LogP contribution in [0.15, 0.2) is 18.2 Å². The Morgan fingerprint density at radius 1 is 1.38 bits per heavy atom. The second kappa shape index (κ2) is 7.62. The highest BCUT2D eigenvalue weighted by Crippen LogP contribution is 2.25. The number of methoxy groups -OCH3 is 1. The first-order valence-corrected chi connectivity index (χ1v) is 8.54. The molecule has 1 heterocycles. The summed E-state index contributed by atoms with van der Waals surface area (Å²) in [5.74, 6) is 1.28. The average Bonchev–Trinajstić information content (AvgIpc) is 2.42. The molecule has 1 fully saturated rings. The molecule has 1 aliphatic heterocycles. The topological polar surface area (TPSA) is 42.0 Å². The van der Waals surface area contributed by atoms with Crippen LogP contribution in [0, 0.1) is 5.92 Å². The Morgan fingerprint density at radius 2 is 2.04 bits per heavy atom. The van der Waals surface area contributed by atoms with E-state index in [1.54, 1.807) is 12.0 Å². The lowest BCUT2D eigenvalue weighted by Gasteiger charge is -2.41. The van der Waals surface area contributed by atoms with Crippen molar-refractivity contribution in [1.82, 2.24) is 9.80 Å². The fourth-order valence-corrected chi connectivity index (χ4v) is 2.97. The molecule has 6 heteroatoms. The molecule has 1 saturated heterocycles. The lowest BCUT2D eigenvalue weighted by molar-refractivity contribution is -0.00553. The molecular weight excluding hydrogens is 328 g/mol. The lowest BCUT2D eigenvalue weighted by Crippen LogP contribution is -2.54. The first-order valence-electron chi connectivity index (χ1n) is 8.17. The lowest BCUT2D eigenvalue weighted by atomic mass is 10.00. The van der Waals surface area contributed by atoms with Crippen LogP contribution in [-0.2, 0) is 11.3 Å². The van der Waals surface area contributed by atoms with E-state index in [0.29, 0.717) is 10.9 Å². The third-order valence-electron chi connectivity index (χ3n) is 3.87. The third-order valence-corrected chi connectivity index (χ3v) is 4.10. The normalized spacial score (nSPS) is 15.4. The van der Waals surface area contributed by atoms with Crippen molar-refractivity contribution < 1.29 is 14.3 Å². The van der Waals surface area contributed by atoms with Gasteiger partial charge in [-0.25, -0.2) is 4.79 Å². The molecule has 1 aromatic rings. The molecule has 2 rings (SSSR count). The molecule has 0 aromatic heterocycles. The summed E-state index contributed by atoms with van der Waals surface area (Å²) in [5, 5.41) is 0.672. The largest absolute Gasteiger partial charge is 0.496 e. The molecule has 0 aliphatic carbocycles. The number of halogens is 1. The number of hydrogen-bond donors (Lipinski definition) is 0. The molecule has 5 nitrogen and oxygen atoms in total. The molecule has 0 radical (unpaired) electrons. The zero-order chi connectivity index (χ0) is 17.9. The van der Waals surface area contributed by atoms with Crippen LogP contribution in [0.25, 0.3) is 0 Å². The summed E-state index contributed by atoms with van der Waals surface area (Å²) in [6, 6.07) is 5.70. The summed E-state index contributed by atoms with van der Waals surface area (Å²) in [5.41, 5.74) is 0.664. The molecule has 0 saturated carbocycles. The molecule has 0 spiro atoms. The van der Waals surface area contributed by atoms with Crippen LogP contribution in [0.1, 0.15) is 26.3 Å². The van der Waals surface area contributed by atoms with Gasteiger partial charge in [-0.1, -0.05) is 17.7 Å². The molecule has 1 amide bonds. The van der Waals surface area contributed by atoms with Gasteiger partial charge in [-0.05, 0) is 40.0 Å². The smallest absolute Gasteiger partial charge is 0.410 e. The van der Waals surface area contributed by atoms with Crippen LogP contribution in [0.2, 0.25) is 5.02 Å². The monoisotopic (exact) mass is 354 g/mol. The summed E-state index contributed by atoms with van der Waals surface area (Å²) >= 11 is 6.00. The van der Waals surface area contributed by atoms with Crippen molar-refractivity contribution in [3.8, 4) is 5.75 Å². The Labute approximate surface area is 149 Å². The molecule has 24 heavy (non-hydrogen) atoms. The second-order valence-corrected chi connectivity index (χ2v) is 7.84. The summed E-state index contributed by atoms with van der Waals surface area (Å²) in [6.07, 6.45) is -0.222. The summed E-state index contributed by atoms with van der Waals surface area (Å²) in [6.45, 7) is 8.85. The Balaban J connectivity index is 1.79. The Bertz CT molecular complexity index is 580. The number of hydrogen-bond acceptors (Lipinski definition) is 4. The molecule has 0 bridgehead atoms. The predicted octanol–water partition coefficient (Wildman–Crippen LogP) is 3.65. The van der Waals surface area contributed by atoms with Crippen molar-refractivity contribution in [3.63, 3.8) is 0 Å². The predicted molar refractivity (Wildman–Crippen MR) is 95.6 cm³/mol. The number of rotatable bonds is 5. The van der Waals surface area contributed by atoms with Gasteiger partial charge >= 0.3 is 6.09 Å². The third kappa shape index (κ3) is 5.28. The molecule has 0 unspecified atom stereocenters. The summed E-state index contributed by atoms with van der Waals surface area (Å²) in [4.78, 5) is 15.9. The molecule has 0 atom stereocenters. The number of carbonyl (C=O) groups excluding carboxylic acids is 1. The van der Waals surface area contributed by atoms with Crippen LogP contribution >= 0.6 is 11.6 Å². The van der Waals surface area contributed by atoms with Gasteiger partial charge in [-0.2, -0.15) is 0 Å². The highest BCUT2D eigenvalue weighted by atomic mass is 35.5. The number of benzene rings is 1. The molecule has 1 aromatic carbocycles. The number of ether oxygens (including phenoxy) is 2. The highest BCUT2D eigenvalue weighted by molar-refractivity contribution is 6.30. The van der Waals surface area contributed by atoms with Gasteiger partial charge in [0.25, 0.3) is 0 Å². The number of carbonyl (C=O) groups is 1. The van der Waals surface area contributed by atoms with E-state index >= 15 is 0 Å². The Hall–Kier alpha value is -1.46. The minimum Gasteiger partial charge on any atom is -0.496 e. The Morgan fingerprint density at radius 3 is 2.62 bits per heavy atom. The van der Waals surface area contributed by atoms with Gasteiger partial charge in [0.05, 0.1) is 7.11 Å². The van der Waals surface area contributed by atoms with Crippen LogP contribution in [0.4, 0.5) is 4.79 Å². The van der Waals surface area contributed by atoms with Gasteiger partial charge in [0.15, 0.2) is 0 Å². The average molecular weight is 355 g/mol. The minimum absolute atomic E-state index is 0.222. The van der Waals surface area contributed by atoms with E-state index in [4.69, 9.17) is 21.1 Å². The Kier molecular flexibility index (Phi) is 5.99. The van der Waals surface area contributed by atoms with Crippen LogP contribution in [-0.4, -0.2) is 55.3 Å². The van der Waals surface area contributed by atoms with Crippen molar-refractivity contribution in [2.75, 3.05) is 33.8 Å². The van der Waals surface area contributed by atoms with Crippen molar-refractivity contribution in [2.24, 2.45) is 5.92 Å². The zero-order valence-corrected chi connectivity index (χ0v) is 15.9. The van der Waals surface area contributed by atoms with E-state index in [1.165, 1.54) is 0 Å². The minimum atomic E-state index is -0.440. The zero-order valence-electron chi connectivity index (χ0n) is 15.1. The van der Waals surface area contributed by atoms with Gasteiger partial charge in [-0.3, -0.25) is 0 Å². The van der Waals surface area contributed by atoms with E-state index in [0.717, 1.165) is 37.5 Å². The first-order chi connectivity index (χ1) is 11.2. The van der Waals surface area contributed by atoms with E-state index in [9.17, 15) is 4.79 Å². The van der Waals surface area contributed by atoms with Gasteiger partial charge in [0, 0.05) is 42.7 Å².